The van der Waals surface area contributed by atoms with E-state index in [1.807, 2.05) is 31.2 Å². The first-order valence-electron chi connectivity index (χ1n) is 10.9. The van der Waals surface area contributed by atoms with Gasteiger partial charge in [0.1, 0.15) is 5.75 Å². The van der Waals surface area contributed by atoms with E-state index in [2.05, 4.69) is 19.8 Å². The third kappa shape index (κ3) is 5.92. The average Bonchev–Trinajstić information content (AvgIpc) is 3.28. The van der Waals surface area contributed by atoms with Crippen LogP contribution in [0.25, 0.3) is 11.4 Å². The minimum absolute atomic E-state index is 0.0931. The van der Waals surface area contributed by atoms with E-state index < -0.39 is 6.61 Å². The molecule has 174 valence electrons. The Labute approximate surface area is 190 Å². The van der Waals surface area contributed by atoms with Gasteiger partial charge < -0.3 is 14.2 Å². The Morgan fingerprint density at radius 1 is 1.09 bits per heavy atom. The Bertz CT molecular complexity index is 1060. The van der Waals surface area contributed by atoms with Crippen LogP contribution < -0.4 is 4.74 Å². The summed E-state index contributed by atoms with van der Waals surface area (Å²) >= 11 is 0. The molecule has 0 N–H and O–H groups in total. The van der Waals surface area contributed by atoms with Crippen LogP contribution in [0.2, 0.25) is 0 Å². The Kier molecular flexibility index (Phi) is 7.29. The molecular formula is C24H26F2N4O3. The maximum absolute atomic E-state index is 12.8. The molecule has 1 aliphatic heterocycles. The number of rotatable bonds is 8. The summed E-state index contributed by atoms with van der Waals surface area (Å²) < 4.78 is 35.1. The molecule has 1 saturated heterocycles. The normalized spacial score (nSPS) is 14.6. The van der Waals surface area contributed by atoms with Crippen molar-refractivity contribution in [3.05, 3.63) is 65.5 Å². The zero-order valence-electron chi connectivity index (χ0n) is 18.4. The molecule has 0 bridgehead atoms. The first-order valence-corrected chi connectivity index (χ1v) is 10.9. The molecule has 1 aromatic heterocycles. The zero-order valence-corrected chi connectivity index (χ0v) is 18.4. The van der Waals surface area contributed by atoms with Gasteiger partial charge in [-0.3, -0.25) is 9.69 Å². The van der Waals surface area contributed by atoms with Crippen molar-refractivity contribution in [2.75, 3.05) is 32.7 Å². The molecule has 1 amide bonds. The monoisotopic (exact) mass is 456 g/mol. The van der Waals surface area contributed by atoms with Gasteiger partial charge in [-0.05, 0) is 32.0 Å². The van der Waals surface area contributed by atoms with Gasteiger partial charge in [0.15, 0.2) is 0 Å². The van der Waals surface area contributed by atoms with E-state index in [-0.39, 0.29) is 17.2 Å². The molecule has 0 spiro atoms. The Balaban J connectivity index is 1.23. The molecule has 1 fully saturated rings. The van der Waals surface area contributed by atoms with E-state index in [0.717, 1.165) is 18.5 Å². The lowest BCUT2D eigenvalue weighted by Crippen LogP contribution is -2.49. The van der Waals surface area contributed by atoms with E-state index in [9.17, 15) is 13.6 Å². The third-order valence-corrected chi connectivity index (χ3v) is 5.64. The van der Waals surface area contributed by atoms with Gasteiger partial charge in [0, 0.05) is 38.2 Å². The Hall–Kier alpha value is -3.33. The second-order valence-corrected chi connectivity index (χ2v) is 7.99. The summed E-state index contributed by atoms with van der Waals surface area (Å²) in [6.45, 7) is 2.38. The molecule has 2 aromatic carbocycles. The maximum atomic E-state index is 12.8. The van der Waals surface area contributed by atoms with Crippen molar-refractivity contribution in [3.63, 3.8) is 0 Å². The van der Waals surface area contributed by atoms with Crippen molar-refractivity contribution in [1.29, 1.82) is 0 Å². The van der Waals surface area contributed by atoms with E-state index in [1.54, 1.807) is 17.0 Å². The van der Waals surface area contributed by atoms with E-state index in [1.165, 1.54) is 17.7 Å². The van der Waals surface area contributed by atoms with Crippen molar-refractivity contribution >= 4 is 5.91 Å². The third-order valence-electron chi connectivity index (χ3n) is 5.64. The van der Waals surface area contributed by atoms with Crippen LogP contribution in [0.3, 0.4) is 0 Å². The Morgan fingerprint density at radius 2 is 1.82 bits per heavy atom. The molecule has 0 unspecified atom stereocenters. The minimum atomic E-state index is -2.97. The van der Waals surface area contributed by atoms with Gasteiger partial charge in [-0.15, -0.1) is 0 Å². The predicted molar refractivity (Wildman–Crippen MR) is 118 cm³/mol. The number of para-hydroxylation sites is 1. The van der Waals surface area contributed by atoms with Gasteiger partial charge in [-0.2, -0.15) is 13.8 Å². The number of hydrogen-bond donors (Lipinski definition) is 0. The second-order valence-electron chi connectivity index (χ2n) is 7.99. The molecule has 33 heavy (non-hydrogen) atoms. The van der Waals surface area contributed by atoms with Gasteiger partial charge in [-0.25, -0.2) is 0 Å². The van der Waals surface area contributed by atoms with Gasteiger partial charge in [0.05, 0.1) is 5.56 Å². The summed E-state index contributed by atoms with van der Waals surface area (Å²) in [6.07, 6.45) is 1.53. The summed E-state index contributed by atoms with van der Waals surface area (Å²) in [6, 6.07) is 14.1. The number of carbonyl (C=O) groups is 1. The molecular weight excluding hydrogens is 430 g/mol. The lowest BCUT2D eigenvalue weighted by atomic mass is 10.1. The largest absolute Gasteiger partial charge is 0.434 e. The highest BCUT2D eigenvalue weighted by Crippen LogP contribution is 2.23. The van der Waals surface area contributed by atoms with Crippen LogP contribution in [0.4, 0.5) is 8.78 Å². The van der Waals surface area contributed by atoms with Crippen molar-refractivity contribution in [2.24, 2.45) is 0 Å². The SMILES string of the molecule is Cc1ccc(-c2noc(CCCN3CCN(C(=O)c4ccccc4OC(F)F)CC3)n2)cc1. The first kappa shape index (κ1) is 22.8. The van der Waals surface area contributed by atoms with E-state index in [0.29, 0.717) is 44.3 Å². The van der Waals surface area contributed by atoms with Crippen LogP contribution >= 0.6 is 0 Å². The molecule has 0 saturated carbocycles. The van der Waals surface area contributed by atoms with Crippen molar-refractivity contribution in [3.8, 4) is 17.1 Å². The average molecular weight is 456 g/mol. The number of piperazine rings is 1. The summed E-state index contributed by atoms with van der Waals surface area (Å²) in [5.41, 5.74) is 2.26. The number of aryl methyl sites for hydroxylation is 2. The summed E-state index contributed by atoms with van der Waals surface area (Å²) in [4.78, 5) is 21.2. The highest BCUT2D eigenvalue weighted by atomic mass is 19.3. The van der Waals surface area contributed by atoms with Crippen LogP contribution in [-0.2, 0) is 6.42 Å². The molecule has 4 rings (SSSR count). The molecule has 3 aromatic rings. The smallest absolute Gasteiger partial charge is 0.387 e. The Morgan fingerprint density at radius 3 is 2.55 bits per heavy atom. The lowest BCUT2D eigenvalue weighted by molar-refractivity contribution is -0.0503. The number of amides is 1. The fourth-order valence-electron chi connectivity index (χ4n) is 3.82. The molecule has 0 aliphatic carbocycles. The fraction of sp³-hybridized carbons (Fsp3) is 0.375. The highest BCUT2D eigenvalue weighted by molar-refractivity contribution is 5.97. The van der Waals surface area contributed by atoms with Gasteiger partial charge >= 0.3 is 6.61 Å². The summed E-state index contributed by atoms with van der Waals surface area (Å²) in [5, 5.41) is 4.06. The minimum Gasteiger partial charge on any atom is -0.434 e. The zero-order chi connectivity index (χ0) is 23.2. The molecule has 7 nitrogen and oxygen atoms in total. The lowest BCUT2D eigenvalue weighted by Gasteiger charge is -2.34. The number of carbonyl (C=O) groups excluding carboxylic acids is 1. The number of hydrogen-bond acceptors (Lipinski definition) is 6. The predicted octanol–water partition coefficient (Wildman–Crippen LogP) is 4.04. The van der Waals surface area contributed by atoms with Crippen LogP contribution in [0.5, 0.6) is 5.75 Å². The number of alkyl halides is 2. The first-order chi connectivity index (χ1) is 16.0. The second kappa shape index (κ2) is 10.5. The number of halogens is 2. The van der Waals surface area contributed by atoms with Gasteiger partial charge in [0.25, 0.3) is 5.91 Å². The van der Waals surface area contributed by atoms with Crippen LogP contribution in [0, 0.1) is 6.92 Å². The maximum Gasteiger partial charge on any atom is 0.387 e. The quantitative estimate of drug-likeness (QED) is 0.510. The van der Waals surface area contributed by atoms with Crippen molar-refractivity contribution < 1.29 is 22.8 Å². The van der Waals surface area contributed by atoms with Crippen molar-refractivity contribution in [2.45, 2.75) is 26.4 Å². The highest BCUT2D eigenvalue weighted by Gasteiger charge is 2.25. The molecule has 1 aliphatic rings. The molecule has 0 radical (unpaired) electrons. The van der Waals surface area contributed by atoms with E-state index >= 15 is 0 Å². The topological polar surface area (TPSA) is 71.7 Å². The fourth-order valence-corrected chi connectivity index (χ4v) is 3.82. The van der Waals surface area contributed by atoms with Crippen LogP contribution in [0.1, 0.15) is 28.2 Å². The van der Waals surface area contributed by atoms with Gasteiger partial charge in [-0.1, -0.05) is 47.1 Å². The molecule has 0 atom stereocenters. The number of benzene rings is 2. The van der Waals surface area contributed by atoms with Crippen LogP contribution in [-0.4, -0.2) is 65.2 Å². The number of ether oxygens (including phenoxy) is 1. The summed E-state index contributed by atoms with van der Waals surface area (Å²) in [5.74, 6) is 0.813. The number of nitrogens with zero attached hydrogens (tertiary/aromatic N) is 4. The van der Waals surface area contributed by atoms with Crippen molar-refractivity contribution in [1.82, 2.24) is 19.9 Å². The van der Waals surface area contributed by atoms with Crippen LogP contribution in [0.15, 0.2) is 53.1 Å². The molecule has 9 heteroatoms. The standard InChI is InChI=1S/C24H26F2N4O3/c1-17-8-10-18(11-9-17)22-27-21(33-28-22)7-4-12-29-13-15-30(16-14-29)23(31)19-5-2-3-6-20(19)32-24(25)26/h2-3,5-6,8-11,24H,4,7,12-16H2,1H3. The summed E-state index contributed by atoms with van der Waals surface area (Å²) in [7, 11) is 0. The van der Waals surface area contributed by atoms with Gasteiger partial charge in [0.2, 0.25) is 11.7 Å². The molecule has 2 heterocycles. The number of aromatic nitrogens is 2. The van der Waals surface area contributed by atoms with E-state index in [4.69, 9.17) is 4.52 Å².